The molecule has 160 valence electrons. The van der Waals surface area contributed by atoms with Gasteiger partial charge in [-0.15, -0.1) is 11.3 Å². The molecule has 0 aliphatic carbocycles. The summed E-state index contributed by atoms with van der Waals surface area (Å²) in [7, 11) is 1.79. The standard InChI is InChI=1S/C26H22N2O3S/c1-16(24-27-21-10-6-7-11-23(21)32-24)28(2)25(29)18-12-13-20-19(14-18)15-22(31-26(20)30)17-8-4-3-5-9-17/h3-14,16,22H,15H2,1-2H3/t16-,22+/m1/s1. The number of cyclic esters (lactones) is 1. The molecule has 0 N–H and O–H groups in total. The van der Waals surface area contributed by atoms with Gasteiger partial charge in [-0.3, -0.25) is 4.79 Å². The summed E-state index contributed by atoms with van der Waals surface area (Å²) in [6, 6.07) is 22.7. The SMILES string of the molecule is C[C@H](c1nc2ccccc2s1)N(C)C(=O)c1ccc2c(c1)C[C@@H](c1ccccc1)OC2=O. The number of esters is 1. The van der Waals surface area contributed by atoms with Gasteiger partial charge in [0.05, 0.1) is 21.8 Å². The topological polar surface area (TPSA) is 59.5 Å². The maximum absolute atomic E-state index is 13.3. The molecule has 5 nitrogen and oxygen atoms in total. The highest BCUT2D eigenvalue weighted by Gasteiger charge is 2.29. The number of hydrogen-bond acceptors (Lipinski definition) is 5. The lowest BCUT2D eigenvalue weighted by Crippen LogP contribution is -2.30. The van der Waals surface area contributed by atoms with Gasteiger partial charge in [-0.1, -0.05) is 42.5 Å². The minimum absolute atomic E-state index is 0.102. The Bertz CT molecular complexity index is 1280. The maximum atomic E-state index is 13.3. The van der Waals surface area contributed by atoms with Gasteiger partial charge in [-0.2, -0.15) is 0 Å². The molecule has 0 saturated carbocycles. The van der Waals surface area contributed by atoms with Gasteiger partial charge in [0.25, 0.3) is 5.91 Å². The second-order valence-corrected chi connectivity index (χ2v) is 9.05. The molecular formula is C26H22N2O3S. The molecule has 2 atom stereocenters. The highest BCUT2D eigenvalue weighted by atomic mass is 32.1. The third-order valence-electron chi connectivity index (χ3n) is 5.97. The maximum Gasteiger partial charge on any atom is 0.339 e. The van der Waals surface area contributed by atoms with Crippen molar-refractivity contribution < 1.29 is 14.3 Å². The van der Waals surface area contributed by atoms with Gasteiger partial charge in [-0.25, -0.2) is 9.78 Å². The molecule has 0 spiro atoms. The Kier molecular flexibility index (Phi) is 5.23. The van der Waals surface area contributed by atoms with Gasteiger partial charge in [0.1, 0.15) is 11.1 Å². The molecule has 1 aromatic heterocycles. The summed E-state index contributed by atoms with van der Waals surface area (Å²) < 4.78 is 6.74. The van der Waals surface area contributed by atoms with Crippen molar-refractivity contribution in [2.75, 3.05) is 7.05 Å². The Hall–Kier alpha value is -3.51. The number of ether oxygens (including phenoxy) is 1. The lowest BCUT2D eigenvalue weighted by Gasteiger charge is -2.27. The Labute approximate surface area is 190 Å². The van der Waals surface area contributed by atoms with E-state index in [1.807, 2.05) is 67.6 Å². The Morgan fingerprint density at radius 3 is 2.62 bits per heavy atom. The van der Waals surface area contributed by atoms with Crippen LogP contribution in [0, 0.1) is 0 Å². The van der Waals surface area contributed by atoms with Crippen LogP contribution in [0.5, 0.6) is 0 Å². The monoisotopic (exact) mass is 442 g/mol. The normalized spacial score (nSPS) is 16.3. The zero-order valence-corrected chi connectivity index (χ0v) is 18.6. The van der Waals surface area contributed by atoms with Crippen molar-refractivity contribution in [2.45, 2.75) is 25.5 Å². The summed E-state index contributed by atoms with van der Waals surface area (Å²) in [6.07, 6.45) is 0.199. The Morgan fingerprint density at radius 2 is 1.84 bits per heavy atom. The van der Waals surface area contributed by atoms with Gasteiger partial charge in [0.15, 0.2) is 0 Å². The lowest BCUT2D eigenvalue weighted by molar-refractivity contribution is 0.0252. The van der Waals surface area contributed by atoms with Gasteiger partial charge in [-0.05, 0) is 48.4 Å². The highest BCUT2D eigenvalue weighted by molar-refractivity contribution is 7.18. The van der Waals surface area contributed by atoms with Crippen LogP contribution >= 0.6 is 11.3 Å². The summed E-state index contributed by atoms with van der Waals surface area (Å²) in [5.74, 6) is -0.454. The molecule has 3 aromatic carbocycles. The molecule has 0 radical (unpaired) electrons. The second-order valence-electron chi connectivity index (χ2n) is 7.99. The van der Waals surface area contributed by atoms with Crippen molar-refractivity contribution in [3.63, 3.8) is 0 Å². The predicted molar refractivity (Wildman–Crippen MR) is 125 cm³/mol. The number of hydrogen-bond donors (Lipinski definition) is 0. The minimum Gasteiger partial charge on any atom is -0.454 e. The second kappa shape index (κ2) is 8.20. The molecule has 0 saturated heterocycles. The van der Waals surface area contributed by atoms with Crippen molar-refractivity contribution >= 4 is 33.4 Å². The molecule has 0 fully saturated rings. The van der Waals surface area contributed by atoms with Crippen LogP contribution in [-0.2, 0) is 11.2 Å². The molecular weight excluding hydrogens is 420 g/mol. The summed E-state index contributed by atoms with van der Waals surface area (Å²) >= 11 is 1.60. The van der Waals surface area contributed by atoms with E-state index in [0.29, 0.717) is 17.5 Å². The third kappa shape index (κ3) is 3.67. The van der Waals surface area contributed by atoms with E-state index in [9.17, 15) is 9.59 Å². The molecule has 1 amide bonds. The number of carbonyl (C=O) groups excluding carboxylic acids is 2. The Morgan fingerprint density at radius 1 is 1.09 bits per heavy atom. The smallest absolute Gasteiger partial charge is 0.339 e. The number of para-hydroxylation sites is 1. The van der Waals surface area contributed by atoms with E-state index in [4.69, 9.17) is 9.72 Å². The third-order valence-corrected chi connectivity index (χ3v) is 7.17. The van der Waals surface area contributed by atoms with Gasteiger partial charge < -0.3 is 9.64 Å². The van der Waals surface area contributed by atoms with Crippen LogP contribution in [-0.4, -0.2) is 28.8 Å². The van der Waals surface area contributed by atoms with Crippen molar-refractivity contribution in [3.05, 3.63) is 100 Å². The van der Waals surface area contributed by atoms with Crippen LogP contribution in [0.3, 0.4) is 0 Å². The fraction of sp³-hybridized carbons (Fsp3) is 0.192. The fourth-order valence-electron chi connectivity index (χ4n) is 4.00. The van der Waals surface area contributed by atoms with Crippen LogP contribution in [0.15, 0.2) is 72.8 Å². The average molecular weight is 443 g/mol. The van der Waals surface area contributed by atoms with Gasteiger partial charge in [0.2, 0.25) is 0 Å². The van der Waals surface area contributed by atoms with Crippen LogP contribution in [0.4, 0.5) is 0 Å². The van der Waals surface area contributed by atoms with Crippen LogP contribution in [0.2, 0.25) is 0 Å². The van der Waals surface area contributed by atoms with E-state index in [-0.39, 0.29) is 24.0 Å². The molecule has 6 heteroatoms. The number of rotatable bonds is 4. The lowest BCUT2D eigenvalue weighted by atomic mass is 9.93. The first kappa shape index (κ1) is 20.4. The van der Waals surface area contributed by atoms with Gasteiger partial charge >= 0.3 is 5.97 Å². The summed E-state index contributed by atoms with van der Waals surface area (Å²) in [5, 5.41) is 0.896. The van der Waals surface area contributed by atoms with Crippen molar-refractivity contribution in [1.29, 1.82) is 0 Å². The quantitative estimate of drug-likeness (QED) is 0.387. The molecule has 32 heavy (non-hydrogen) atoms. The van der Waals surface area contributed by atoms with Crippen LogP contribution in [0.25, 0.3) is 10.2 Å². The number of benzene rings is 3. The molecule has 1 aliphatic heterocycles. The van der Waals surface area contributed by atoms with Crippen molar-refractivity contribution in [3.8, 4) is 0 Å². The fourth-order valence-corrected chi connectivity index (χ4v) is 5.06. The van der Waals surface area contributed by atoms with E-state index in [1.54, 1.807) is 35.4 Å². The van der Waals surface area contributed by atoms with Crippen LogP contribution in [0.1, 0.15) is 55.9 Å². The zero-order valence-electron chi connectivity index (χ0n) is 17.8. The number of amides is 1. The predicted octanol–water partition coefficient (Wildman–Crippen LogP) is 5.58. The number of fused-ring (bicyclic) bond motifs is 2. The number of aromatic nitrogens is 1. The number of nitrogens with zero attached hydrogens (tertiary/aromatic N) is 2. The zero-order chi connectivity index (χ0) is 22.2. The number of thiazole rings is 1. The molecule has 4 aromatic rings. The summed E-state index contributed by atoms with van der Waals surface area (Å²) in [6.45, 7) is 1.98. The first-order valence-electron chi connectivity index (χ1n) is 10.5. The van der Waals surface area contributed by atoms with Gasteiger partial charge in [0, 0.05) is 19.0 Å². The largest absolute Gasteiger partial charge is 0.454 e. The van der Waals surface area contributed by atoms with E-state index in [0.717, 1.165) is 26.4 Å². The summed E-state index contributed by atoms with van der Waals surface area (Å²) in [4.78, 5) is 32.2. The van der Waals surface area contributed by atoms with Crippen molar-refractivity contribution in [1.82, 2.24) is 9.88 Å². The van der Waals surface area contributed by atoms with E-state index in [1.165, 1.54) is 0 Å². The molecule has 0 bridgehead atoms. The van der Waals surface area contributed by atoms with E-state index >= 15 is 0 Å². The summed E-state index contributed by atoms with van der Waals surface area (Å²) in [5.41, 5.74) is 3.81. The molecule has 2 heterocycles. The highest BCUT2D eigenvalue weighted by Crippen LogP contribution is 2.33. The first-order valence-corrected chi connectivity index (χ1v) is 11.3. The van der Waals surface area contributed by atoms with Crippen LogP contribution < -0.4 is 0 Å². The Balaban J connectivity index is 1.40. The van der Waals surface area contributed by atoms with Crippen molar-refractivity contribution in [2.24, 2.45) is 0 Å². The number of carbonyl (C=O) groups is 2. The minimum atomic E-state index is -0.352. The average Bonchev–Trinajstić information content (AvgIpc) is 3.27. The molecule has 1 aliphatic rings. The molecule has 5 rings (SSSR count). The first-order chi connectivity index (χ1) is 15.5. The molecule has 0 unspecified atom stereocenters. The van der Waals surface area contributed by atoms with E-state index in [2.05, 4.69) is 0 Å². The van der Waals surface area contributed by atoms with E-state index < -0.39 is 0 Å².